The van der Waals surface area contributed by atoms with Gasteiger partial charge in [-0.2, -0.15) is 5.10 Å². The lowest BCUT2D eigenvalue weighted by molar-refractivity contribution is 0.249. The Labute approximate surface area is 138 Å². The van der Waals surface area contributed by atoms with E-state index in [9.17, 15) is 4.79 Å². The molecular weight excluding hydrogens is 320 g/mol. The summed E-state index contributed by atoms with van der Waals surface area (Å²) in [5, 5.41) is 7.64. The third-order valence-corrected chi connectivity index (χ3v) is 3.19. The molecule has 2 aromatic rings. The second-order valence-electron chi connectivity index (χ2n) is 4.26. The number of anilines is 1. The van der Waals surface area contributed by atoms with Crippen molar-refractivity contribution >= 4 is 46.2 Å². The standard InChI is InChI=1S/C15H13ClN4OS/c16-11-6-8-12(9-7-11)18-14(22)13(19-20-15(17)21)10-4-2-1-3-5-10/h1-9H,(H,18,22)(H3,17,20,21)/b19-13+. The van der Waals surface area contributed by atoms with E-state index in [-0.39, 0.29) is 0 Å². The number of amides is 2. The molecule has 0 bridgehead atoms. The van der Waals surface area contributed by atoms with Crippen molar-refractivity contribution in [2.24, 2.45) is 10.8 Å². The summed E-state index contributed by atoms with van der Waals surface area (Å²) in [6, 6.07) is 15.5. The summed E-state index contributed by atoms with van der Waals surface area (Å²) in [5.41, 5.74) is 9.17. The van der Waals surface area contributed by atoms with Crippen LogP contribution in [0.3, 0.4) is 0 Å². The van der Waals surface area contributed by atoms with E-state index in [2.05, 4.69) is 15.8 Å². The van der Waals surface area contributed by atoms with Crippen molar-refractivity contribution in [3.05, 3.63) is 65.2 Å². The Balaban J connectivity index is 2.24. The summed E-state index contributed by atoms with van der Waals surface area (Å²) in [7, 11) is 0. The number of rotatable bonds is 4. The summed E-state index contributed by atoms with van der Waals surface area (Å²) in [6.45, 7) is 0. The van der Waals surface area contributed by atoms with Crippen molar-refractivity contribution < 1.29 is 4.79 Å². The van der Waals surface area contributed by atoms with E-state index in [0.717, 1.165) is 11.3 Å². The Hall–Kier alpha value is -2.44. The summed E-state index contributed by atoms with van der Waals surface area (Å²) < 4.78 is 0. The summed E-state index contributed by atoms with van der Waals surface area (Å²) in [6.07, 6.45) is 0. The van der Waals surface area contributed by atoms with Gasteiger partial charge in [0, 0.05) is 16.3 Å². The van der Waals surface area contributed by atoms with Gasteiger partial charge in [-0.3, -0.25) is 0 Å². The smallest absolute Gasteiger partial charge is 0.332 e. The van der Waals surface area contributed by atoms with E-state index >= 15 is 0 Å². The number of benzene rings is 2. The molecule has 5 nitrogen and oxygen atoms in total. The number of primary amides is 1. The Bertz CT molecular complexity index is 701. The van der Waals surface area contributed by atoms with Crippen LogP contribution in [-0.2, 0) is 0 Å². The fraction of sp³-hybridized carbons (Fsp3) is 0. The molecular formula is C15H13ClN4OS. The van der Waals surface area contributed by atoms with Crippen LogP contribution >= 0.6 is 23.8 Å². The largest absolute Gasteiger partial charge is 0.350 e. The van der Waals surface area contributed by atoms with Crippen LogP contribution in [0.15, 0.2) is 59.7 Å². The maximum Gasteiger partial charge on any atom is 0.332 e. The fourth-order valence-electron chi connectivity index (χ4n) is 1.68. The van der Waals surface area contributed by atoms with E-state index in [1.54, 1.807) is 24.3 Å². The lowest BCUT2D eigenvalue weighted by Crippen LogP contribution is -2.30. The second kappa shape index (κ2) is 7.53. The van der Waals surface area contributed by atoms with E-state index < -0.39 is 6.03 Å². The molecule has 0 aliphatic heterocycles. The number of urea groups is 1. The highest BCUT2D eigenvalue weighted by Crippen LogP contribution is 2.14. The van der Waals surface area contributed by atoms with Gasteiger partial charge in [-0.25, -0.2) is 10.2 Å². The third-order valence-electron chi connectivity index (χ3n) is 2.64. The molecule has 7 heteroatoms. The lowest BCUT2D eigenvalue weighted by Gasteiger charge is -2.11. The van der Waals surface area contributed by atoms with Crippen LogP contribution in [0.2, 0.25) is 5.02 Å². The van der Waals surface area contributed by atoms with Gasteiger partial charge < -0.3 is 11.1 Å². The molecule has 4 N–H and O–H groups in total. The van der Waals surface area contributed by atoms with Crippen LogP contribution in [0.5, 0.6) is 0 Å². The molecule has 2 rings (SSSR count). The quantitative estimate of drug-likeness (QED) is 0.457. The molecule has 0 saturated heterocycles. The summed E-state index contributed by atoms with van der Waals surface area (Å²) in [4.78, 5) is 11.2. The molecule has 2 amide bonds. The average Bonchev–Trinajstić information content (AvgIpc) is 2.50. The van der Waals surface area contributed by atoms with Crippen molar-refractivity contribution in [1.29, 1.82) is 0 Å². The van der Waals surface area contributed by atoms with Crippen molar-refractivity contribution in [3.63, 3.8) is 0 Å². The number of hydrazone groups is 1. The maximum absolute atomic E-state index is 10.9. The third kappa shape index (κ3) is 4.54. The molecule has 0 aliphatic carbocycles. The van der Waals surface area contributed by atoms with Gasteiger partial charge >= 0.3 is 6.03 Å². The SMILES string of the molecule is NC(=O)N/N=C(/C(=S)Nc1ccc(Cl)cc1)c1ccccc1. The van der Waals surface area contributed by atoms with Gasteiger partial charge in [-0.15, -0.1) is 0 Å². The minimum absolute atomic E-state index is 0.349. The van der Waals surface area contributed by atoms with Crippen LogP contribution in [-0.4, -0.2) is 16.7 Å². The number of nitrogens with one attached hydrogen (secondary N) is 2. The number of thiocarbonyl (C=S) groups is 1. The van der Waals surface area contributed by atoms with Crippen LogP contribution in [0.1, 0.15) is 5.56 Å². The van der Waals surface area contributed by atoms with Gasteiger partial charge in [0.1, 0.15) is 10.7 Å². The predicted molar refractivity (Wildman–Crippen MR) is 93.4 cm³/mol. The molecule has 0 atom stereocenters. The molecule has 0 radical (unpaired) electrons. The minimum Gasteiger partial charge on any atom is -0.350 e. The van der Waals surface area contributed by atoms with Crippen LogP contribution in [0, 0.1) is 0 Å². The molecule has 0 saturated carbocycles. The molecule has 112 valence electrons. The molecule has 0 spiro atoms. The Morgan fingerprint density at radius 2 is 1.73 bits per heavy atom. The van der Waals surface area contributed by atoms with Crippen molar-refractivity contribution in [3.8, 4) is 0 Å². The number of hydrogen-bond donors (Lipinski definition) is 3. The zero-order valence-corrected chi connectivity index (χ0v) is 13.0. The summed E-state index contributed by atoms with van der Waals surface area (Å²) in [5.74, 6) is 0. The van der Waals surface area contributed by atoms with Crippen molar-refractivity contribution in [2.45, 2.75) is 0 Å². The molecule has 0 aliphatic rings. The topological polar surface area (TPSA) is 79.5 Å². The number of halogens is 1. The molecule has 0 aromatic heterocycles. The first-order chi connectivity index (χ1) is 10.6. The van der Waals surface area contributed by atoms with Gasteiger partial charge in [0.2, 0.25) is 0 Å². The predicted octanol–water partition coefficient (Wildman–Crippen LogP) is 3.15. The molecule has 0 unspecified atom stereocenters. The Morgan fingerprint density at radius 1 is 1.09 bits per heavy atom. The monoisotopic (exact) mass is 332 g/mol. The van der Waals surface area contributed by atoms with E-state index in [0.29, 0.717) is 15.7 Å². The molecule has 2 aromatic carbocycles. The van der Waals surface area contributed by atoms with Gasteiger partial charge in [0.05, 0.1) is 0 Å². The van der Waals surface area contributed by atoms with Crippen LogP contribution < -0.4 is 16.5 Å². The van der Waals surface area contributed by atoms with E-state index in [1.807, 2.05) is 30.3 Å². The van der Waals surface area contributed by atoms with E-state index in [4.69, 9.17) is 29.6 Å². The number of nitrogens with two attached hydrogens (primary N) is 1. The van der Waals surface area contributed by atoms with Gasteiger partial charge in [0.25, 0.3) is 0 Å². The van der Waals surface area contributed by atoms with Crippen molar-refractivity contribution in [2.75, 3.05) is 5.32 Å². The molecule has 0 fully saturated rings. The van der Waals surface area contributed by atoms with Crippen LogP contribution in [0.25, 0.3) is 0 Å². The van der Waals surface area contributed by atoms with Gasteiger partial charge in [-0.1, -0.05) is 54.2 Å². The second-order valence-corrected chi connectivity index (χ2v) is 5.11. The fourth-order valence-corrected chi connectivity index (χ4v) is 2.08. The summed E-state index contributed by atoms with van der Waals surface area (Å²) >= 11 is 11.2. The molecule has 22 heavy (non-hydrogen) atoms. The highest BCUT2D eigenvalue weighted by molar-refractivity contribution is 7.82. The van der Waals surface area contributed by atoms with E-state index in [1.165, 1.54) is 0 Å². The maximum atomic E-state index is 10.9. The first-order valence-electron chi connectivity index (χ1n) is 6.32. The van der Waals surface area contributed by atoms with Gasteiger partial charge in [-0.05, 0) is 24.3 Å². The number of carbonyl (C=O) groups excluding carboxylic acids is 1. The Kier molecular flexibility index (Phi) is 5.46. The Morgan fingerprint density at radius 3 is 2.32 bits per heavy atom. The highest BCUT2D eigenvalue weighted by Gasteiger charge is 2.11. The first kappa shape index (κ1) is 15.9. The minimum atomic E-state index is -0.761. The average molecular weight is 333 g/mol. The highest BCUT2D eigenvalue weighted by atomic mass is 35.5. The first-order valence-corrected chi connectivity index (χ1v) is 7.10. The zero-order valence-electron chi connectivity index (χ0n) is 11.4. The number of nitrogens with zero attached hydrogens (tertiary/aromatic N) is 1. The normalized spacial score (nSPS) is 10.9. The zero-order chi connectivity index (χ0) is 15.9. The number of carbonyl (C=O) groups is 1. The molecule has 0 heterocycles. The number of hydrogen-bond acceptors (Lipinski definition) is 3. The van der Waals surface area contributed by atoms with Crippen molar-refractivity contribution in [1.82, 2.24) is 5.43 Å². The van der Waals surface area contributed by atoms with Crippen LogP contribution in [0.4, 0.5) is 10.5 Å². The van der Waals surface area contributed by atoms with Gasteiger partial charge in [0.15, 0.2) is 0 Å². The lowest BCUT2D eigenvalue weighted by atomic mass is 10.1.